The molecule has 1 aromatic carbocycles. The number of carbonyl (C=O) groups is 2. The molecule has 0 unspecified atom stereocenters. The summed E-state index contributed by atoms with van der Waals surface area (Å²) < 4.78 is 0. The van der Waals surface area contributed by atoms with Crippen LogP contribution in [0.25, 0.3) is 0 Å². The van der Waals surface area contributed by atoms with Gasteiger partial charge in [0.15, 0.2) is 0 Å². The van der Waals surface area contributed by atoms with E-state index in [-0.39, 0.29) is 17.4 Å². The van der Waals surface area contributed by atoms with E-state index in [4.69, 9.17) is 5.11 Å². The number of hydrogen-bond acceptors (Lipinski definition) is 4. The Morgan fingerprint density at radius 1 is 1.23 bits per heavy atom. The van der Waals surface area contributed by atoms with Gasteiger partial charge in [-0.1, -0.05) is 13.8 Å². The predicted octanol–water partition coefficient (Wildman–Crippen LogP) is 2.86. The van der Waals surface area contributed by atoms with Crippen LogP contribution in [-0.4, -0.2) is 27.0 Å². The molecular weight excluding hydrogens is 282 g/mol. The van der Waals surface area contributed by atoms with Gasteiger partial charge in [-0.05, 0) is 36.6 Å². The first-order valence-electron chi connectivity index (χ1n) is 6.85. The van der Waals surface area contributed by atoms with Gasteiger partial charge in [0.1, 0.15) is 6.33 Å². The molecule has 1 heterocycles. The average molecular weight is 299 g/mol. The molecule has 0 radical (unpaired) electrons. The Morgan fingerprint density at radius 2 is 1.95 bits per heavy atom. The van der Waals surface area contributed by atoms with Crippen molar-refractivity contribution in [1.29, 1.82) is 0 Å². The van der Waals surface area contributed by atoms with Crippen LogP contribution in [0.5, 0.6) is 0 Å². The SMILES string of the molecule is Cc1cc(NC(=O)c2cncnc2C(C)C)ccc1C(=O)O. The number of aromatic nitrogens is 2. The van der Waals surface area contributed by atoms with E-state index < -0.39 is 5.97 Å². The second-order valence-corrected chi connectivity index (χ2v) is 5.27. The van der Waals surface area contributed by atoms with Crippen molar-refractivity contribution in [3.05, 3.63) is 53.1 Å². The lowest BCUT2D eigenvalue weighted by Gasteiger charge is -2.11. The Hall–Kier alpha value is -2.76. The first-order chi connectivity index (χ1) is 10.4. The van der Waals surface area contributed by atoms with E-state index in [1.165, 1.54) is 18.6 Å². The third-order valence-corrected chi connectivity index (χ3v) is 3.25. The van der Waals surface area contributed by atoms with Crippen molar-refractivity contribution >= 4 is 17.6 Å². The lowest BCUT2D eigenvalue weighted by molar-refractivity contribution is 0.0696. The van der Waals surface area contributed by atoms with Crippen LogP contribution in [-0.2, 0) is 0 Å². The maximum Gasteiger partial charge on any atom is 0.335 e. The van der Waals surface area contributed by atoms with Crippen molar-refractivity contribution in [3.63, 3.8) is 0 Å². The van der Waals surface area contributed by atoms with E-state index in [1.54, 1.807) is 19.1 Å². The van der Waals surface area contributed by atoms with Crippen LogP contribution >= 0.6 is 0 Å². The monoisotopic (exact) mass is 299 g/mol. The summed E-state index contributed by atoms with van der Waals surface area (Å²) in [6, 6.07) is 4.66. The van der Waals surface area contributed by atoms with Gasteiger partial charge < -0.3 is 10.4 Å². The zero-order valence-electron chi connectivity index (χ0n) is 12.6. The van der Waals surface area contributed by atoms with Gasteiger partial charge in [0.25, 0.3) is 5.91 Å². The van der Waals surface area contributed by atoms with Crippen LogP contribution < -0.4 is 5.32 Å². The molecule has 0 saturated heterocycles. The number of carbonyl (C=O) groups excluding carboxylic acids is 1. The zero-order valence-corrected chi connectivity index (χ0v) is 12.6. The average Bonchev–Trinajstić information content (AvgIpc) is 2.46. The first-order valence-corrected chi connectivity index (χ1v) is 6.85. The molecule has 1 amide bonds. The molecule has 6 heteroatoms. The van der Waals surface area contributed by atoms with Crippen LogP contribution in [0, 0.1) is 6.92 Å². The third-order valence-electron chi connectivity index (χ3n) is 3.25. The molecule has 0 fully saturated rings. The van der Waals surface area contributed by atoms with Crippen molar-refractivity contribution in [2.75, 3.05) is 5.32 Å². The number of benzene rings is 1. The minimum Gasteiger partial charge on any atom is -0.478 e. The molecule has 1 aromatic heterocycles. The minimum absolute atomic E-state index is 0.0971. The summed E-state index contributed by atoms with van der Waals surface area (Å²) in [5.74, 6) is -1.21. The summed E-state index contributed by atoms with van der Waals surface area (Å²) in [6.45, 7) is 5.58. The fourth-order valence-corrected chi connectivity index (χ4v) is 2.15. The van der Waals surface area contributed by atoms with Crippen molar-refractivity contribution in [2.24, 2.45) is 0 Å². The molecular formula is C16H17N3O3. The van der Waals surface area contributed by atoms with Crippen molar-refractivity contribution < 1.29 is 14.7 Å². The number of carboxylic acid groups (broad SMARTS) is 1. The Labute approximate surface area is 128 Å². The fourth-order valence-electron chi connectivity index (χ4n) is 2.15. The maximum absolute atomic E-state index is 12.4. The molecule has 0 aliphatic heterocycles. The summed E-state index contributed by atoms with van der Waals surface area (Å²) in [7, 11) is 0. The molecule has 0 spiro atoms. The Bertz CT molecular complexity index is 726. The van der Waals surface area contributed by atoms with Gasteiger partial charge in [-0.15, -0.1) is 0 Å². The van der Waals surface area contributed by atoms with Crippen LogP contribution in [0.3, 0.4) is 0 Å². The molecule has 0 bridgehead atoms. The highest BCUT2D eigenvalue weighted by atomic mass is 16.4. The van der Waals surface area contributed by atoms with Crippen molar-refractivity contribution in [3.8, 4) is 0 Å². The Morgan fingerprint density at radius 3 is 2.55 bits per heavy atom. The normalized spacial score (nSPS) is 10.5. The number of nitrogens with zero attached hydrogens (tertiary/aromatic N) is 2. The highest BCUT2D eigenvalue weighted by Crippen LogP contribution is 2.19. The molecule has 2 rings (SSSR count). The lowest BCUT2D eigenvalue weighted by atomic mass is 10.0. The van der Waals surface area contributed by atoms with Gasteiger partial charge in [0, 0.05) is 11.9 Å². The number of anilines is 1. The van der Waals surface area contributed by atoms with E-state index in [2.05, 4.69) is 15.3 Å². The lowest BCUT2D eigenvalue weighted by Crippen LogP contribution is -2.16. The highest BCUT2D eigenvalue weighted by Gasteiger charge is 2.16. The van der Waals surface area contributed by atoms with Crippen molar-refractivity contribution in [2.45, 2.75) is 26.7 Å². The largest absolute Gasteiger partial charge is 0.478 e. The maximum atomic E-state index is 12.4. The van der Waals surface area contributed by atoms with E-state index in [1.807, 2.05) is 13.8 Å². The van der Waals surface area contributed by atoms with Gasteiger partial charge >= 0.3 is 5.97 Å². The Balaban J connectivity index is 2.26. The second kappa shape index (κ2) is 6.34. The summed E-state index contributed by atoms with van der Waals surface area (Å²) in [5, 5.41) is 11.8. The van der Waals surface area contributed by atoms with E-state index in [0.29, 0.717) is 22.5 Å². The molecule has 2 aromatic rings. The minimum atomic E-state index is -0.992. The molecule has 0 aliphatic rings. The molecule has 114 valence electrons. The number of hydrogen-bond donors (Lipinski definition) is 2. The molecule has 0 aliphatic carbocycles. The molecule has 2 N–H and O–H groups in total. The summed E-state index contributed by atoms with van der Waals surface area (Å²) >= 11 is 0. The molecule has 22 heavy (non-hydrogen) atoms. The van der Waals surface area contributed by atoms with Crippen LogP contribution in [0.2, 0.25) is 0 Å². The van der Waals surface area contributed by atoms with E-state index in [0.717, 1.165) is 0 Å². The standard InChI is InChI=1S/C16H17N3O3/c1-9(2)14-13(7-17-8-18-14)15(20)19-11-4-5-12(16(21)22)10(3)6-11/h4-9H,1-3H3,(H,19,20)(H,21,22). The fraction of sp³-hybridized carbons (Fsp3) is 0.250. The second-order valence-electron chi connectivity index (χ2n) is 5.27. The number of amides is 1. The number of aromatic carboxylic acids is 1. The Kier molecular flexibility index (Phi) is 4.50. The summed E-state index contributed by atoms with van der Waals surface area (Å²) in [6.07, 6.45) is 2.90. The van der Waals surface area contributed by atoms with Crippen LogP contribution in [0.4, 0.5) is 5.69 Å². The number of aryl methyl sites for hydroxylation is 1. The number of carboxylic acids is 1. The van der Waals surface area contributed by atoms with E-state index in [9.17, 15) is 9.59 Å². The molecule has 6 nitrogen and oxygen atoms in total. The van der Waals surface area contributed by atoms with Crippen LogP contribution in [0.1, 0.15) is 51.7 Å². The van der Waals surface area contributed by atoms with Gasteiger partial charge in [-0.2, -0.15) is 0 Å². The predicted molar refractivity (Wildman–Crippen MR) is 82.2 cm³/mol. The van der Waals surface area contributed by atoms with Gasteiger partial charge in [-0.25, -0.2) is 14.8 Å². The zero-order chi connectivity index (χ0) is 16.3. The number of nitrogens with one attached hydrogen (secondary N) is 1. The molecule has 0 atom stereocenters. The highest BCUT2D eigenvalue weighted by molar-refractivity contribution is 6.05. The topological polar surface area (TPSA) is 92.2 Å². The van der Waals surface area contributed by atoms with Gasteiger partial charge in [-0.3, -0.25) is 4.79 Å². The quantitative estimate of drug-likeness (QED) is 0.905. The molecule has 0 saturated carbocycles. The van der Waals surface area contributed by atoms with Crippen LogP contribution in [0.15, 0.2) is 30.7 Å². The summed E-state index contributed by atoms with van der Waals surface area (Å²) in [5.41, 5.74) is 2.41. The van der Waals surface area contributed by atoms with Gasteiger partial charge in [0.05, 0.1) is 16.8 Å². The summed E-state index contributed by atoms with van der Waals surface area (Å²) in [4.78, 5) is 31.4. The van der Waals surface area contributed by atoms with E-state index >= 15 is 0 Å². The van der Waals surface area contributed by atoms with Crippen molar-refractivity contribution in [1.82, 2.24) is 9.97 Å². The third kappa shape index (κ3) is 3.28. The number of rotatable bonds is 4. The van der Waals surface area contributed by atoms with Gasteiger partial charge in [0.2, 0.25) is 0 Å². The first kappa shape index (κ1) is 15.6. The smallest absolute Gasteiger partial charge is 0.335 e.